The van der Waals surface area contributed by atoms with Crippen LogP contribution in [0.1, 0.15) is 28.8 Å². The molecule has 0 unspecified atom stereocenters. The SMILES string of the molecule is Cc1cc(NCC2(O)CCOCC2)ccc1C(=O)O. The van der Waals surface area contributed by atoms with Crippen molar-refractivity contribution in [3.63, 3.8) is 0 Å². The van der Waals surface area contributed by atoms with E-state index in [1.165, 1.54) is 0 Å². The number of anilines is 1. The maximum Gasteiger partial charge on any atom is 0.335 e. The molecule has 1 fully saturated rings. The van der Waals surface area contributed by atoms with Crippen LogP contribution in [0.25, 0.3) is 0 Å². The molecule has 5 nitrogen and oxygen atoms in total. The van der Waals surface area contributed by atoms with Crippen LogP contribution in [0, 0.1) is 6.92 Å². The van der Waals surface area contributed by atoms with E-state index in [9.17, 15) is 9.90 Å². The summed E-state index contributed by atoms with van der Waals surface area (Å²) in [7, 11) is 0. The number of nitrogens with one attached hydrogen (secondary N) is 1. The van der Waals surface area contributed by atoms with Crippen molar-refractivity contribution >= 4 is 11.7 Å². The molecule has 1 heterocycles. The van der Waals surface area contributed by atoms with Gasteiger partial charge in [-0.2, -0.15) is 0 Å². The number of carboxylic acid groups (broad SMARTS) is 1. The van der Waals surface area contributed by atoms with E-state index in [-0.39, 0.29) is 0 Å². The second kappa shape index (κ2) is 5.59. The van der Waals surface area contributed by atoms with Gasteiger partial charge in [-0.15, -0.1) is 0 Å². The molecular formula is C14H19NO4. The predicted molar refractivity (Wildman–Crippen MR) is 71.6 cm³/mol. The van der Waals surface area contributed by atoms with Crippen molar-refractivity contribution in [1.29, 1.82) is 0 Å². The van der Waals surface area contributed by atoms with Crippen molar-refractivity contribution in [3.05, 3.63) is 29.3 Å². The van der Waals surface area contributed by atoms with Crippen LogP contribution in [0.15, 0.2) is 18.2 Å². The molecule has 0 aliphatic carbocycles. The second-order valence-electron chi connectivity index (χ2n) is 5.03. The van der Waals surface area contributed by atoms with Crippen molar-refractivity contribution in [2.24, 2.45) is 0 Å². The smallest absolute Gasteiger partial charge is 0.335 e. The van der Waals surface area contributed by atoms with Crippen LogP contribution in [-0.2, 0) is 4.74 Å². The molecule has 0 saturated carbocycles. The molecule has 104 valence electrons. The summed E-state index contributed by atoms with van der Waals surface area (Å²) in [6.45, 7) is 3.37. The molecule has 1 aromatic rings. The molecule has 0 bridgehead atoms. The maximum absolute atomic E-state index is 10.9. The van der Waals surface area contributed by atoms with Gasteiger partial charge >= 0.3 is 5.97 Å². The van der Waals surface area contributed by atoms with Crippen molar-refractivity contribution in [1.82, 2.24) is 0 Å². The number of aryl methyl sites for hydroxylation is 1. The number of aliphatic hydroxyl groups is 1. The Morgan fingerprint density at radius 2 is 2.11 bits per heavy atom. The molecular weight excluding hydrogens is 246 g/mol. The standard InChI is InChI=1S/C14H19NO4/c1-10-8-11(2-3-12(10)13(16)17)15-9-14(18)4-6-19-7-5-14/h2-3,8,15,18H,4-7,9H2,1H3,(H,16,17). The Hall–Kier alpha value is -1.59. The van der Waals surface area contributed by atoms with E-state index < -0.39 is 11.6 Å². The third kappa shape index (κ3) is 3.45. The van der Waals surface area contributed by atoms with Gasteiger partial charge < -0.3 is 20.3 Å². The summed E-state index contributed by atoms with van der Waals surface area (Å²) in [4.78, 5) is 10.9. The van der Waals surface area contributed by atoms with Crippen molar-refractivity contribution in [2.75, 3.05) is 25.1 Å². The van der Waals surface area contributed by atoms with Crippen LogP contribution in [0.5, 0.6) is 0 Å². The fraction of sp³-hybridized carbons (Fsp3) is 0.500. The number of aromatic carboxylic acids is 1. The molecule has 0 atom stereocenters. The zero-order valence-corrected chi connectivity index (χ0v) is 11.0. The van der Waals surface area contributed by atoms with E-state index in [1.54, 1.807) is 25.1 Å². The third-order valence-electron chi connectivity index (χ3n) is 3.50. The normalized spacial score (nSPS) is 18.0. The van der Waals surface area contributed by atoms with Gasteiger partial charge in [0.15, 0.2) is 0 Å². The Kier molecular flexibility index (Phi) is 4.07. The lowest BCUT2D eigenvalue weighted by molar-refractivity contribution is -0.0543. The summed E-state index contributed by atoms with van der Waals surface area (Å²) in [6.07, 6.45) is 1.23. The van der Waals surface area contributed by atoms with Gasteiger partial charge in [0, 0.05) is 38.3 Å². The Morgan fingerprint density at radius 3 is 2.68 bits per heavy atom. The summed E-state index contributed by atoms with van der Waals surface area (Å²) in [6, 6.07) is 5.08. The van der Waals surface area contributed by atoms with Crippen molar-refractivity contribution < 1.29 is 19.7 Å². The summed E-state index contributed by atoms with van der Waals surface area (Å²) in [5.41, 5.74) is 1.09. The zero-order chi connectivity index (χ0) is 13.9. The quantitative estimate of drug-likeness (QED) is 0.771. The molecule has 1 saturated heterocycles. The summed E-state index contributed by atoms with van der Waals surface area (Å²) in [5, 5.41) is 22.4. The van der Waals surface area contributed by atoms with Crippen molar-refractivity contribution in [2.45, 2.75) is 25.4 Å². The lowest BCUT2D eigenvalue weighted by Crippen LogP contribution is -2.42. The lowest BCUT2D eigenvalue weighted by atomic mass is 9.94. The topological polar surface area (TPSA) is 78.8 Å². The van der Waals surface area contributed by atoms with E-state index in [2.05, 4.69) is 5.32 Å². The van der Waals surface area contributed by atoms with Gasteiger partial charge in [-0.1, -0.05) is 0 Å². The highest BCUT2D eigenvalue weighted by atomic mass is 16.5. The highest BCUT2D eigenvalue weighted by Crippen LogP contribution is 2.22. The minimum atomic E-state index is -0.924. The number of ether oxygens (including phenoxy) is 1. The first-order valence-corrected chi connectivity index (χ1v) is 6.38. The van der Waals surface area contributed by atoms with E-state index in [1.807, 2.05) is 0 Å². The van der Waals surface area contributed by atoms with Crippen LogP contribution in [0.2, 0.25) is 0 Å². The molecule has 1 aliphatic rings. The molecule has 0 amide bonds. The number of carbonyl (C=O) groups is 1. The Labute approximate surface area is 112 Å². The molecule has 0 aromatic heterocycles. The van der Waals surface area contributed by atoms with Gasteiger partial charge in [-0.3, -0.25) is 0 Å². The number of benzene rings is 1. The highest BCUT2D eigenvalue weighted by molar-refractivity contribution is 5.89. The lowest BCUT2D eigenvalue weighted by Gasteiger charge is -2.32. The van der Waals surface area contributed by atoms with Gasteiger partial charge in [-0.25, -0.2) is 4.79 Å². The molecule has 1 aliphatic heterocycles. The Balaban J connectivity index is 2.00. The zero-order valence-electron chi connectivity index (χ0n) is 11.0. The summed E-state index contributed by atoms with van der Waals surface area (Å²) in [5.74, 6) is -0.924. The monoisotopic (exact) mass is 265 g/mol. The van der Waals surface area contributed by atoms with Crippen LogP contribution in [0.4, 0.5) is 5.69 Å². The molecule has 0 spiro atoms. The first-order valence-electron chi connectivity index (χ1n) is 6.38. The summed E-state index contributed by atoms with van der Waals surface area (Å²) < 4.78 is 5.23. The molecule has 5 heteroatoms. The largest absolute Gasteiger partial charge is 0.478 e. The Bertz CT molecular complexity index is 467. The van der Waals surface area contributed by atoms with Gasteiger partial charge in [0.2, 0.25) is 0 Å². The first kappa shape index (κ1) is 13.8. The average molecular weight is 265 g/mol. The van der Waals surface area contributed by atoms with Gasteiger partial charge in [0.25, 0.3) is 0 Å². The second-order valence-corrected chi connectivity index (χ2v) is 5.03. The maximum atomic E-state index is 10.9. The third-order valence-corrected chi connectivity index (χ3v) is 3.50. The fourth-order valence-corrected chi connectivity index (χ4v) is 2.21. The van der Waals surface area contributed by atoms with Gasteiger partial charge in [0.1, 0.15) is 0 Å². The predicted octanol–water partition coefficient (Wildman–Crippen LogP) is 1.65. The number of rotatable bonds is 4. The first-order chi connectivity index (χ1) is 9.00. The van der Waals surface area contributed by atoms with Crippen LogP contribution >= 0.6 is 0 Å². The van der Waals surface area contributed by atoms with Gasteiger partial charge in [-0.05, 0) is 30.7 Å². The highest BCUT2D eigenvalue weighted by Gasteiger charge is 2.29. The minimum absolute atomic E-state index is 0.301. The van der Waals surface area contributed by atoms with Crippen molar-refractivity contribution in [3.8, 4) is 0 Å². The number of carboxylic acids is 1. The van der Waals surface area contributed by atoms with Crippen LogP contribution in [-0.4, -0.2) is 41.5 Å². The minimum Gasteiger partial charge on any atom is -0.478 e. The fourth-order valence-electron chi connectivity index (χ4n) is 2.21. The Morgan fingerprint density at radius 1 is 1.42 bits per heavy atom. The van der Waals surface area contributed by atoms with Gasteiger partial charge in [0.05, 0.1) is 11.2 Å². The van der Waals surface area contributed by atoms with E-state index in [0.717, 1.165) is 5.69 Å². The number of hydrogen-bond acceptors (Lipinski definition) is 4. The van der Waals surface area contributed by atoms with E-state index >= 15 is 0 Å². The van der Waals surface area contributed by atoms with E-state index in [0.29, 0.717) is 43.7 Å². The molecule has 1 aromatic carbocycles. The average Bonchev–Trinajstić information content (AvgIpc) is 2.37. The molecule has 3 N–H and O–H groups in total. The molecule has 2 rings (SSSR count). The number of hydrogen-bond donors (Lipinski definition) is 3. The molecule has 19 heavy (non-hydrogen) atoms. The summed E-state index contributed by atoms with van der Waals surface area (Å²) >= 11 is 0. The van der Waals surface area contributed by atoms with Crippen LogP contribution < -0.4 is 5.32 Å². The van der Waals surface area contributed by atoms with E-state index in [4.69, 9.17) is 9.84 Å². The van der Waals surface area contributed by atoms with Crippen LogP contribution in [0.3, 0.4) is 0 Å². The molecule has 0 radical (unpaired) electrons.